The molecule has 3 rings (SSSR count). The Labute approximate surface area is 165 Å². The van der Waals surface area contributed by atoms with E-state index in [-0.39, 0.29) is 5.91 Å². The van der Waals surface area contributed by atoms with Gasteiger partial charge in [0.25, 0.3) is 0 Å². The molecule has 2 N–H and O–H groups in total. The van der Waals surface area contributed by atoms with Gasteiger partial charge in [0.1, 0.15) is 23.3 Å². The molecule has 144 valence electrons. The van der Waals surface area contributed by atoms with Crippen LogP contribution in [0.4, 0.5) is 11.4 Å². The fourth-order valence-corrected chi connectivity index (χ4v) is 2.67. The molecule has 0 saturated heterocycles. The summed E-state index contributed by atoms with van der Waals surface area (Å²) in [4.78, 5) is 12.5. The number of para-hydroxylation sites is 2. The molecular formula is C23H24N2O3. The maximum atomic E-state index is 12.5. The number of ether oxygens (including phenoxy) is 2. The van der Waals surface area contributed by atoms with Crippen molar-refractivity contribution < 1.29 is 14.3 Å². The Kier molecular flexibility index (Phi) is 6.17. The van der Waals surface area contributed by atoms with Gasteiger partial charge in [-0.05, 0) is 62.4 Å². The average molecular weight is 376 g/mol. The summed E-state index contributed by atoms with van der Waals surface area (Å²) in [5.41, 5.74) is 2.66. The summed E-state index contributed by atoms with van der Waals surface area (Å²) in [7, 11) is 1.58. The Bertz CT molecular complexity index is 921. The van der Waals surface area contributed by atoms with E-state index >= 15 is 0 Å². The van der Waals surface area contributed by atoms with Crippen molar-refractivity contribution in [1.82, 2.24) is 0 Å². The Balaban J connectivity index is 1.58. The Morgan fingerprint density at radius 3 is 2.14 bits per heavy atom. The van der Waals surface area contributed by atoms with E-state index in [4.69, 9.17) is 9.47 Å². The van der Waals surface area contributed by atoms with E-state index in [1.165, 1.54) is 5.56 Å². The monoisotopic (exact) mass is 376 g/mol. The molecule has 0 fully saturated rings. The molecule has 3 aromatic rings. The Morgan fingerprint density at radius 2 is 1.50 bits per heavy atom. The van der Waals surface area contributed by atoms with Gasteiger partial charge in [0, 0.05) is 5.69 Å². The number of amides is 1. The highest BCUT2D eigenvalue weighted by molar-refractivity contribution is 5.97. The van der Waals surface area contributed by atoms with Crippen LogP contribution in [0.1, 0.15) is 12.5 Å². The van der Waals surface area contributed by atoms with Crippen LogP contribution in [-0.2, 0) is 4.79 Å². The van der Waals surface area contributed by atoms with Crippen LogP contribution in [0.5, 0.6) is 17.2 Å². The van der Waals surface area contributed by atoms with Crippen LogP contribution in [-0.4, -0.2) is 19.1 Å². The van der Waals surface area contributed by atoms with Gasteiger partial charge in [0.15, 0.2) is 0 Å². The van der Waals surface area contributed by atoms with Crippen LogP contribution in [0.15, 0.2) is 72.8 Å². The number of carbonyl (C=O) groups is 1. The van der Waals surface area contributed by atoms with Crippen molar-refractivity contribution >= 4 is 17.3 Å². The number of hydrogen-bond donors (Lipinski definition) is 2. The summed E-state index contributed by atoms with van der Waals surface area (Å²) in [5.74, 6) is 2.00. The molecule has 1 amide bonds. The van der Waals surface area contributed by atoms with Crippen LogP contribution in [0.2, 0.25) is 0 Å². The first-order chi connectivity index (χ1) is 13.5. The highest BCUT2D eigenvalue weighted by atomic mass is 16.5. The molecule has 0 saturated carbocycles. The van der Waals surface area contributed by atoms with Crippen LogP contribution >= 0.6 is 0 Å². The predicted molar refractivity (Wildman–Crippen MR) is 112 cm³/mol. The molecule has 28 heavy (non-hydrogen) atoms. The molecule has 3 aromatic carbocycles. The smallest absolute Gasteiger partial charge is 0.246 e. The third-order valence-electron chi connectivity index (χ3n) is 4.25. The van der Waals surface area contributed by atoms with Crippen LogP contribution in [0, 0.1) is 6.92 Å². The van der Waals surface area contributed by atoms with Crippen molar-refractivity contribution in [1.29, 1.82) is 0 Å². The van der Waals surface area contributed by atoms with Crippen LogP contribution in [0.25, 0.3) is 0 Å². The van der Waals surface area contributed by atoms with Crippen molar-refractivity contribution in [3.05, 3.63) is 78.4 Å². The molecule has 0 aliphatic rings. The molecule has 0 unspecified atom stereocenters. The number of nitrogens with one attached hydrogen (secondary N) is 2. The maximum absolute atomic E-state index is 12.5. The van der Waals surface area contributed by atoms with Gasteiger partial charge in [-0.25, -0.2) is 0 Å². The fraction of sp³-hybridized carbons (Fsp3) is 0.174. The lowest BCUT2D eigenvalue weighted by Gasteiger charge is -2.17. The van der Waals surface area contributed by atoms with E-state index in [9.17, 15) is 4.79 Å². The van der Waals surface area contributed by atoms with Gasteiger partial charge in [-0.2, -0.15) is 0 Å². The molecular weight excluding hydrogens is 352 g/mol. The summed E-state index contributed by atoms with van der Waals surface area (Å²) in [6, 6.07) is 22.3. The lowest BCUT2D eigenvalue weighted by molar-refractivity contribution is -0.116. The summed E-state index contributed by atoms with van der Waals surface area (Å²) in [6.45, 7) is 3.84. The summed E-state index contributed by atoms with van der Waals surface area (Å²) in [6.07, 6.45) is 0. The quantitative estimate of drug-likeness (QED) is 0.592. The number of methoxy groups -OCH3 is 1. The second-order valence-electron chi connectivity index (χ2n) is 6.50. The first-order valence-corrected chi connectivity index (χ1v) is 9.10. The van der Waals surface area contributed by atoms with Crippen molar-refractivity contribution in [2.24, 2.45) is 0 Å². The molecule has 0 aromatic heterocycles. The molecule has 0 aliphatic carbocycles. The second kappa shape index (κ2) is 8.95. The third kappa shape index (κ3) is 5.04. The van der Waals surface area contributed by atoms with Crippen molar-refractivity contribution in [2.45, 2.75) is 19.9 Å². The molecule has 0 heterocycles. The SMILES string of the molecule is COc1ccccc1NC(=O)[C@@H](C)Nc1ccc(Oc2ccc(C)cc2)cc1. The standard InChI is InChI=1S/C23H24N2O3/c1-16-8-12-19(13-9-16)28-20-14-10-18(11-15-20)24-17(2)23(26)25-21-6-4-5-7-22(21)27-3/h4-15,17,24H,1-3H3,(H,25,26)/t17-/m1/s1. The van der Waals surface area contributed by atoms with E-state index in [1.807, 2.05) is 74.5 Å². The second-order valence-corrected chi connectivity index (χ2v) is 6.50. The maximum Gasteiger partial charge on any atom is 0.246 e. The molecule has 1 atom stereocenters. The minimum absolute atomic E-state index is 0.149. The highest BCUT2D eigenvalue weighted by Crippen LogP contribution is 2.25. The Hall–Kier alpha value is -3.47. The van der Waals surface area contributed by atoms with Gasteiger partial charge in [-0.15, -0.1) is 0 Å². The van der Waals surface area contributed by atoms with E-state index in [0.717, 1.165) is 17.2 Å². The van der Waals surface area contributed by atoms with Gasteiger partial charge in [0.2, 0.25) is 5.91 Å². The number of aryl methyl sites for hydroxylation is 1. The van der Waals surface area contributed by atoms with E-state index in [0.29, 0.717) is 11.4 Å². The zero-order chi connectivity index (χ0) is 19.9. The van der Waals surface area contributed by atoms with Gasteiger partial charge < -0.3 is 20.1 Å². The fourth-order valence-electron chi connectivity index (χ4n) is 2.67. The predicted octanol–water partition coefficient (Wildman–Crippen LogP) is 5.24. The number of rotatable bonds is 7. The zero-order valence-electron chi connectivity index (χ0n) is 16.2. The summed E-state index contributed by atoms with van der Waals surface area (Å²) < 4.78 is 11.1. The first kappa shape index (κ1) is 19.3. The molecule has 0 bridgehead atoms. The Morgan fingerprint density at radius 1 is 0.893 bits per heavy atom. The molecule has 0 aliphatic heterocycles. The highest BCUT2D eigenvalue weighted by Gasteiger charge is 2.14. The van der Waals surface area contributed by atoms with E-state index < -0.39 is 6.04 Å². The third-order valence-corrected chi connectivity index (χ3v) is 4.25. The van der Waals surface area contributed by atoms with Crippen LogP contribution < -0.4 is 20.1 Å². The minimum atomic E-state index is -0.422. The average Bonchev–Trinajstić information content (AvgIpc) is 2.71. The number of carbonyl (C=O) groups excluding carboxylic acids is 1. The largest absolute Gasteiger partial charge is 0.495 e. The minimum Gasteiger partial charge on any atom is -0.495 e. The van der Waals surface area contributed by atoms with Crippen molar-refractivity contribution in [2.75, 3.05) is 17.7 Å². The van der Waals surface area contributed by atoms with Gasteiger partial charge in [0.05, 0.1) is 12.8 Å². The number of anilines is 2. The lowest BCUT2D eigenvalue weighted by Crippen LogP contribution is -2.31. The van der Waals surface area contributed by atoms with Gasteiger partial charge in [-0.1, -0.05) is 29.8 Å². The van der Waals surface area contributed by atoms with Crippen LogP contribution in [0.3, 0.4) is 0 Å². The van der Waals surface area contributed by atoms with Crippen molar-refractivity contribution in [3.63, 3.8) is 0 Å². The number of hydrogen-bond acceptors (Lipinski definition) is 4. The molecule has 0 spiro atoms. The van der Waals surface area contributed by atoms with Gasteiger partial charge >= 0.3 is 0 Å². The summed E-state index contributed by atoms with van der Waals surface area (Å²) in [5, 5.41) is 6.07. The van der Waals surface area contributed by atoms with Gasteiger partial charge in [-0.3, -0.25) is 4.79 Å². The normalized spacial score (nSPS) is 11.4. The number of benzene rings is 3. The van der Waals surface area contributed by atoms with E-state index in [1.54, 1.807) is 19.2 Å². The first-order valence-electron chi connectivity index (χ1n) is 9.10. The molecule has 0 radical (unpaired) electrons. The topological polar surface area (TPSA) is 59.6 Å². The molecule has 5 nitrogen and oxygen atoms in total. The zero-order valence-corrected chi connectivity index (χ0v) is 16.2. The van der Waals surface area contributed by atoms with Crippen molar-refractivity contribution in [3.8, 4) is 17.2 Å². The lowest BCUT2D eigenvalue weighted by atomic mass is 10.2. The molecule has 5 heteroatoms. The van der Waals surface area contributed by atoms with E-state index in [2.05, 4.69) is 10.6 Å². The summed E-state index contributed by atoms with van der Waals surface area (Å²) >= 11 is 0.